The van der Waals surface area contributed by atoms with Crippen molar-refractivity contribution < 1.29 is 28.9 Å². The highest BCUT2D eigenvalue weighted by Gasteiger charge is 2.47. The maximum atomic E-state index is 13.5. The van der Waals surface area contributed by atoms with Crippen LogP contribution in [-0.2, 0) is 9.59 Å². The Morgan fingerprint density at radius 3 is 2.26 bits per heavy atom. The maximum Gasteiger partial charge on any atom is 0.300 e. The summed E-state index contributed by atoms with van der Waals surface area (Å²) in [7, 11) is 2.76. The van der Waals surface area contributed by atoms with Crippen LogP contribution in [0, 0.1) is 12.8 Å². The number of aliphatic hydroxyl groups is 1. The van der Waals surface area contributed by atoms with Crippen molar-refractivity contribution in [1.82, 2.24) is 0 Å². The van der Waals surface area contributed by atoms with Gasteiger partial charge in [-0.3, -0.25) is 14.5 Å². The van der Waals surface area contributed by atoms with Crippen LogP contribution in [0.5, 0.6) is 17.2 Å². The fourth-order valence-corrected chi connectivity index (χ4v) is 5.18. The van der Waals surface area contributed by atoms with Crippen molar-refractivity contribution in [3.63, 3.8) is 0 Å². The van der Waals surface area contributed by atoms with Crippen LogP contribution >= 0.6 is 23.2 Å². The summed E-state index contributed by atoms with van der Waals surface area (Å²) in [5, 5.41) is 11.7. The molecule has 1 saturated heterocycles. The quantitative estimate of drug-likeness (QED) is 0.179. The third-order valence-corrected chi connectivity index (χ3v) is 6.92. The minimum Gasteiger partial charge on any atom is -0.507 e. The van der Waals surface area contributed by atoms with Crippen LogP contribution in [0.4, 0.5) is 5.69 Å². The lowest BCUT2D eigenvalue weighted by molar-refractivity contribution is -0.132. The van der Waals surface area contributed by atoms with Gasteiger partial charge in [0.1, 0.15) is 16.5 Å². The van der Waals surface area contributed by atoms with Gasteiger partial charge in [-0.05, 0) is 54.3 Å². The average Bonchev–Trinajstić information content (AvgIpc) is 3.17. The Morgan fingerprint density at radius 2 is 1.67 bits per heavy atom. The minimum absolute atomic E-state index is 0.0187. The van der Waals surface area contributed by atoms with Crippen LogP contribution in [0.25, 0.3) is 5.76 Å². The monoisotopic (exact) mass is 569 g/mol. The van der Waals surface area contributed by atoms with Crippen molar-refractivity contribution in [3.8, 4) is 17.2 Å². The molecule has 1 aliphatic rings. The first-order valence-corrected chi connectivity index (χ1v) is 13.0. The van der Waals surface area contributed by atoms with E-state index in [0.29, 0.717) is 29.5 Å². The van der Waals surface area contributed by atoms with Crippen LogP contribution in [0.1, 0.15) is 36.6 Å². The second-order valence-corrected chi connectivity index (χ2v) is 10.4. The maximum absolute atomic E-state index is 13.5. The van der Waals surface area contributed by atoms with Crippen molar-refractivity contribution in [1.29, 1.82) is 0 Å². The number of Topliss-reactive ketones (excluding diaryl/α,β-unsaturated/α-hetero) is 1. The molecule has 0 aliphatic carbocycles. The van der Waals surface area contributed by atoms with Gasteiger partial charge in [-0.2, -0.15) is 0 Å². The first-order chi connectivity index (χ1) is 18.6. The summed E-state index contributed by atoms with van der Waals surface area (Å²) in [6.45, 7) is 6.54. The zero-order valence-electron chi connectivity index (χ0n) is 22.2. The lowest BCUT2D eigenvalue weighted by atomic mass is 9.94. The number of aryl methyl sites for hydroxylation is 1. The molecule has 9 heteroatoms. The molecule has 1 unspecified atom stereocenters. The number of hydrogen-bond acceptors (Lipinski definition) is 6. The largest absolute Gasteiger partial charge is 0.507 e. The first kappa shape index (κ1) is 28.3. The topological polar surface area (TPSA) is 85.3 Å². The second-order valence-electron chi connectivity index (χ2n) is 9.57. The molecule has 0 spiro atoms. The van der Waals surface area contributed by atoms with Gasteiger partial charge in [-0.25, -0.2) is 0 Å². The fraction of sp³-hybridized carbons (Fsp3) is 0.267. The molecule has 204 valence electrons. The Hall–Kier alpha value is -3.68. The van der Waals surface area contributed by atoms with E-state index < -0.39 is 23.5 Å². The first-order valence-electron chi connectivity index (χ1n) is 12.3. The highest BCUT2D eigenvalue weighted by atomic mass is 35.5. The number of methoxy groups -OCH3 is 2. The van der Waals surface area contributed by atoms with Crippen molar-refractivity contribution in [2.24, 2.45) is 5.92 Å². The summed E-state index contributed by atoms with van der Waals surface area (Å²) in [6.07, 6.45) is 0. The van der Waals surface area contributed by atoms with E-state index >= 15 is 0 Å². The summed E-state index contributed by atoms with van der Waals surface area (Å²) in [6, 6.07) is 14.8. The fourth-order valence-electron chi connectivity index (χ4n) is 4.49. The van der Waals surface area contributed by atoms with Gasteiger partial charge >= 0.3 is 0 Å². The summed E-state index contributed by atoms with van der Waals surface area (Å²) in [5.74, 6) is -0.918. The van der Waals surface area contributed by atoms with Crippen molar-refractivity contribution in [2.75, 3.05) is 25.7 Å². The van der Waals surface area contributed by atoms with E-state index in [1.165, 1.54) is 25.2 Å². The Morgan fingerprint density at radius 1 is 1.00 bits per heavy atom. The zero-order valence-corrected chi connectivity index (χ0v) is 23.8. The molecular formula is C30H29Cl2NO6. The molecule has 1 amide bonds. The molecule has 0 radical (unpaired) electrons. The molecule has 1 fully saturated rings. The van der Waals surface area contributed by atoms with Crippen LogP contribution in [-0.4, -0.2) is 37.6 Å². The molecule has 39 heavy (non-hydrogen) atoms. The number of anilines is 1. The number of nitrogens with zero attached hydrogens (tertiary/aromatic N) is 1. The Bertz CT molecular complexity index is 1450. The molecule has 3 aromatic carbocycles. The lowest BCUT2D eigenvalue weighted by Gasteiger charge is -2.26. The van der Waals surface area contributed by atoms with E-state index in [0.717, 1.165) is 5.56 Å². The normalized spacial score (nSPS) is 16.6. The predicted octanol–water partition coefficient (Wildman–Crippen LogP) is 6.98. The molecule has 1 atom stereocenters. The van der Waals surface area contributed by atoms with Crippen LogP contribution in [0.3, 0.4) is 0 Å². The number of halogens is 2. The molecule has 0 bridgehead atoms. The molecule has 1 heterocycles. The highest BCUT2D eigenvalue weighted by molar-refractivity contribution is 6.52. The number of hydrogen-bond donors (Lipinski definition) is 1. The van der Waals surface area contributed by atoms with Crippen LogP contribution in [0.15, 0.2) is 60.2 Å². The lowest BCUT2D eigenvalue weighted by Crippen LogP contribution is -2.29. The van der Waals surface area contributed by atoms with E-state index in [2.05, 4.69) is 13.8 Å². The SMILES string of the molecule is COc1c(Cl)cc(/C(O)=C2\C(=O)C(=O)N(c3cccc(C)c3)C2c2ccc(OCC(C)C)cc2)c(OC)c1Cl. The standard InChI is InChI=1S/C30H29Cl2NO6/c1-16(2)15-39-20-11-9-18(10-12-20)25-23(27(35)30(36)33(25)19-8-6-7-17(3)13-19)26(34)21-14-22(31)29(38-5)24(32)28(21)37-4/h6-14,16,25,34H,15H2,1-5H3/b26-23+. The van der Waals surface area contributed by atoms with E-state index in [4.69, 9.17) is 37.4 Å². The van der Waals surface area contributed by atoms with Gasteiger partial charge < -0.3 is 19.3 Å². The number of ether oxygens (including phenoxy) is 3. The Labute approximate surface area is 237 Å². The summed E-state index contributed by atoms with van der Waals surface area (Å²) in [5.41, 5.74) is 1.93. The van der Waals surface area contributed by atoms with Crippen molar-refractivity contribution >= 4 is 46.3 Å². The van der Waals surface area contributed by atoms with Gasteiger partial charge in [-0.1, -0.05) is 61.3 Å². The molecule has 1 N–H and O–H groups in total. The summed E-state index contributed by atoms with van der Waals surface area (Å²) >= 11 is 12.8. The smallest absolute Gasteiger partial charge is 0.300 e. The zero-order chi connectivity index (χ0) is 28.4. The third kappa shape index (κ3) is 5.42. The number of ketones is 1. The molecule has 0 saturated carbocycles. The van der Waals surface area contributed by atoms with Gasteiger partial charge in [0.05, 0.1) is 43.0 Å². The van der Waals surface area contributed by atoms with Crippen LogP contribution < -0.4 is 19.1 Å². The van der Waals surface area contributed by atoms with E-state index in [1.54, 1.807) is 42.5 Å². The summed E-state index contributed by atoms with van der Waals surface area (Å²) < 4.78 is 16.5. The third-order valence-electron chi connectivity index (χ3n) is 6.30. The number of rotatable bonds is 8. The predicted molar refractivity (Wildman–Crippen MR) is 152 cm³/mol. The molecule has 0 aromatic heterocycles. The van der Waals surface area contributed by atoms with Gasteiger partial charge in [0.2, 0.25) is 0 Å². The highest BCUT2D eigenvalue weighted by Crippen LogP contribution is 2.48. The number of carbonyl (C=O) groups is 2. The number of carbonyl (C=O) groups excluding carboxylic acids is 2. The Kier molecular flexibility index (Phi) is 8.42. The molecule has 3 aromatic rings. The molecule has 7 nitrogen and oxygen atoms in total. The van der Waals surface area contributed by atoms with Gasteiger partial charge in [0.15, 0.2) is 11.5 Å². The van der Waals surface area contributed by atoms with E-state index in [9.17, 15) is 14.7 Å². The molecule has 1 aliphatic heterocycles. The number of benzene rings is 3. The Balaban J connectivity index is 1.94. The van der Waals surface area contributed by atoms with Crippen molar-refractivity contribution in [2.45, 2.75) is 26.8 Å². The minimum atomic E-state index is -0.949. The second kappa shape index (κ2) is 11.6. The van der Waals surface area contributed by atoms with Crippen LogP contribution in [0.2, 0.25) is 10.0 Å². The number of amides is 1. The molecule has 4 rings (SSSR count). The number of aliphatic hydroxyl groups excluding tert-OH is 1. The molecular weight excluding hydrogens is 541 g/mol. The van der Waals surface area contributed by atoms with E-state index in [1.807, 2.05) is 13.0 Å². The van der Waals surface area contributed by atoms with Gasteiger partial charge in [0.25, 0.3) is 11.7 Å². The van der Waals surface area contributed by atoms with Gasteiger partial charge in [0, 0.05) is 5.69 Å². The summed E-state index contributed by atoms with van der Waals surface area (Å²) in [4.78, 5) is 28.4. The van der Waals surface area contributed by atoms with E-state index in [-0.39, 0.29) is 32.7 Å². The average molecular weight is 570 g/mol. The van der Waals surface area contributed by atoms with Gasteiger partial charge in [-0.15, -0.1) is 0 Å². The van der Waals surface area contributed by atoms with Crippen molar-refractivity contribution in [3.05, 3.63) is 86.9 Å².